The molecule has 1 fully saturated rings. The lowest BCUT2D eigenvalue weighted by Crippen LogP contribution is -2.68. The Hall–Kier alpha value is -3.21. The maximum atomic E-state index is 12.4. The molecule has 1 unspecified atom stereocenters. The number of para-hydroxylation sites is 1. The van der Waals surface area contributed by atoms with E-state index >= 15 is 0 Å². The molecular weight excluding hydrogens is 348 g/mol. The first-order valence-electron chi connectivity index (χ1n) is 9.59. The summed E-state index contributed by atoms with van der Waals surface area (Å²) in [5, 5.41) is 3.31. The molecule has 28 heavy (non-hydrogen) atoms. The monoisotopic (exact) mass is 370 g/mol. The summed E-state index contributed by atoms with van der Waals surface area (Å²) in [4.78, 5) is 23.5. The van der Waals surface area contributed by atoms with Crippen LogP contribution in [0.4, 0.5) is 5.69 Å². The van der Waals surface area contributed by atoms with Crippen LogP contribution in [0.5, 0.6) is 0 Å². The summed E-state index contributed by atoms with van der Waals surface area (Å²) in [5.74, 6) is 0.0890. The van der Waals surface area contributed by atoms with Gasteiger partial charge in [-0.3, -0.25) is 14.8 Å². The first kappa shape index (κ1) is 16.9. The average molecular weight is 370 g/mol. The van der Waals surface area contributed by atoms with Crippen molar-refractivity contribution in [3.8, 4) is 0 Å². The fourth-order valence-corrected chi connectivity index (χ4v) is 4.62. The Bertz CT molecular complexity index is 1120. The molecule has 5 rings (SSSR count). The minimum absolute atomic E-state index is 0.0890. The molecule has 2 aliphatic heterocycles. The first-order valence-corrected chi connectivity index (χ1v) is 9.59. The van der Waals surface area contributed by atoms with Crippen LogP contribution < -0.4 is 10.2 Å². The van der Waals surface area contributed by atoms with Crippen LogP contribution in [-0.4, -0.2) is 28.1 Å². The number of nitrogens with zero attached hydrogens (tertiary/aromatic N) is 3. The van der Waals surface area contributed by atoms with Crippen LogP contribution in [-0.2, 0) is 10.2 Å². The van der Waals surface area contributed by atoms with Gasteiger partial charge in [0, 0.05) is 36.5 Å². The Balaban J connectivity index is 1.62. The van der Waals surface area contributed by atoms with E-state index in [2.05, 4.69) is 70.4 Å². The normalized spacial score (nSPS) is 22.9. The second-order valence-corrected chi connectivity index (χ2v) is 8.00. The Labute approximate surface area is 164 Å². The average Bonchev–Trinajstić information content (AvgIpc) is 2.90. The quantitative estimate of drug-likeness (QED) is 0.748. The molecule has 1 saturated heterocycles. The Morgan fingerprint density at radius 1 is 1.07 bits per heavy atom. The van der Waals surface area contributed by atoms with Crippen LogP contribution in [0, 0.1) is 0 Å². The molecule has 0 radical (unpaired) electrons. The minimum Gasteiger partial charge on any atom is -0.344 e. The van der Waals surface area contributed by atoms with Crippen LogP contribution in [0.15, 0.2) is 60.9 Å². The highest BCUT2D eigenvalue weighted by Gasteiger charge is 2.57. The molecule has 3 aromatic rings. The van der Waals surface area contributed by atoms with Crippen molar-refractivity contribution in [3.05, 3.63) is 72.1 Å². The highest BCUT2D eigenvalue weighted by Crippen LogP contribution is 2.52. The van der Waals surface area contributed by atoms with Crippen molar-refractivity contribution in [2.24, 2.45) is 0 Å². The fourth-order valence-electron chi connectivity index (χ4n) is 4.62. The number of carbonyl (C=O) groups is 1. The minimum atomic E-state index is -0.594. The fraction of sp³-hybridized carbons (Fsp3) is 0.261. The first-order chi connectivity index (χ1) is 13.5. The van der Waals surface area contributed by atoms with Crippen LogP contribution in [0.25, 0.3) is 17.1 Å². The summed E-state index contributed by atoms with van der Waals surface area (Å²) >= 11 is 0. The number of amides is 1. The van der Waals surface area contributed by atoms with Crippen LogP contribution in [0.2, 0.25) is 0 Å². The van der Waals surface area contributed by atoms with Crippen molar-refractivity contribution in [1.82, 2.24) is 15.3 Å². The predicted molar refractivity (Wildman–Crippen MR) is 111 cm³/mol. The third-order valence-electron chi connectivity index (χ3n) is 6.15. The van der Waals surface area contributed by atoms with E-state index in [9.17, 15) is 4.79 Å². The van der Waals surface area contributed by atoms with E-state index in [4.69, 9.17) is 0 Å². The maximum Gasteiger partial charge on any atom is 0.223 e. The van der Waals surface area contributed by atoms with Gasteiger partial charge in [0.1, 0.15) is 5.66 Å². The van der Waals surface area contributed by atoms with Crippen molar-refractivity contribution >= 4 is 28.7 Å². The summed E-state index contributed by atoms with van der Waals surface area (Å²) in [6.07, 6.45) is 8.13. The van der Waals surface area contributed by atoms with Gasteiger partial charge < -0.3 is 10.2 Å². The Kier molecular flexibility index (Phi) is 3.56. The van der Waals surface area contributed by atoms with Crippen molar-refractivity contribution < 1.29 is 4.79 Å². The molecular formula is C23H22N4O. The lowest BCUT2D eigenvalue weighted by molar-refractivity contribution is -0.124. The van der Waals surface area contributed by atoms with Gasteiger partial charge in [-0.2, -0.15) is 0 Å². The third kappa shape index (κ3) is 2.29. The largest absolute Gasteiger partial charge is 0.344 e. The SMILES string of the molecule is CC1(C)c2ccccc2N2CCC(=O)NC21/C=C/c1ccc2nccnc2c1. The molecule has 5 nitrogen and oxygen atoms in total. The number of anilines is 1. The molecule has 1 amide bonds. The van der Waals surface area contributed by atoms with Crippen LogP contribution in [0.3, 0.4) is 0 Å². The molecule has 1 atom stereocenters. The molecule has 0 saturated carbocycles. The third-order valence-corrected chi connectivity index (χ3v) is 6.15. The number of rotatable bonds is 2. The predicted octanol–water partition coefficient (Wildman–Crippen LogP) is 3.66. The van der Waals surface area contributed by atoms with E-state index in [1.165, 1.54) is 11.3 Å². The van der Waals surface area contributed by atoms with Gasteiger partial charge in [-0.15, -0.1) is 0 Å². The molecule has 0 bridgehead atoms. The summed E-state index contributed by atoms with van der Waals surface area (Å²) in [6, 6.07) is 14.5. The van der Waals surface area contributed by atoms with Crippen LogP contribution >= 0.6 is 0 Å². The molecule has 3 heterocycles. The molecule has 2 aliphatic rings. The number of carbonyl (C=O) groups excluding carboxylic acids is 1. The lowest BCUT2D eigenvalue weighted by atomic mass is 9.74. The number of nitrogens with one attached hydrogen (secondary N) is 1. The van der Waals surface area contributed by atoms with Gasteiger partial charge in [-0.25, -0.2) is 0 Å². The smallest absolute Gasteiger partial charge is 0.223 e. The maximum absolute atomic E-state index is 12.4. The number of hydrogen-bond donors (Lipinski definition) is 1. The summed E-state index contributed by atoms with van der Waals surface area (Å²) < 4.78 is 0. The Morgan fingerprint density at radius 2 is 1.86 bits per heavy atom. The second-order valence-electron chi connectivity index (χ2n) is 8.00. The Morgan fingerprint density at radius 3 is 2.71 bits per heavy atom. The molecule has 1 N–H and O–H groups in total. The van der Waals surface area contributed by atoms with Crippen molar-refractivity contribution in [3.63, 3.8) is 0 Å². The molecule has 140 valence electrons. The zero-order valence-corrected chi connectivity index (χ0v) is 16.0. The second kappa shape index (κ2) is 5.89. The van der Waals surface area contributed by atoms with Gasteiger partial charge in [0.15, 0.2) is 0 Å². The van der Waals surface area contributed by atoms with Gasteiger partial charge in [-0.1, -0.05) is 44.2 Å². The van der Waals surface area contributed by atoms with Gasteiger partial charge in [0.25, 0.3) is 0 Å². The zero-order valence-electron chi connectivity index (χ0n) is 16.0. The molecule has 0 aliphatic carbocycles. The summed E-state index contributed by atoms with van der Waals surface area (Å²) in [7, 11) is 0. The van der Waals surface area contributed by atoms with Crippen LogP contribution in [0.1, 0.15) is 31.4 Å². The summed E-state index contributed by atoms with van der Waals surface area (Å²) in [5.41, 5.74) is 4.36. The van der Waals surface area contributed by atoms with E-state index in [0.717, 1.165) is 16.6 Å². The van der Waals surface area contributed by atoms with Gasteiger partial charge in [-0.05, 0) is 35.4 Å². The molecule has 5 heteroatoms. The van der Waals surface area contributed by atoms with Crippen molar-refractivity contribution in [2.75, 3.05) is 11.4 Å². The number of hydrogen-bond acceptors (Lipinski definition) is 4. The van der Waals surface area contributed by atoms with Crippen molar-refractivity contribution in [2.45, 2.75) is 31.3 Å². The van der Waals surface area contributed by atoms with E-state index < -0.39 is 5.66 Å². The van der Waals surface area contributed by atoms with Gasteiger partial charge >= 0.3 is 0 Å². The van der Waals surface area contributed by atoms with Crippen molar-refractivity contribution in [1.29, 1.82) is 0 Å². The topological polar surface area (TPSA) is 58.1 Å². The van der Waals surface area contributed by atoms with Gasteiger partial charge in [0.05, 0.1) is 11.0 Å². The summed E-state index contributed by atoms with van der Waals surface area (Å²) in [6.45, 7) is 5.11. The zero-order chi connectivity index (χ0) is 19.4. The molecule has 2 aromatic carbocycles. The van der Waals surface area contributed by atoms with E-state index in [0.29, 0.717) is 13.0 Å². The van der Waals surface area contributed by atoms with E-state index in [1.807, 2.05) is 18.2 Å². The highest BCUT2D eigenvalue weighted by atomic mass is 16.2. The van der Waals surface area contributed by atoms with Gasteiger partial charge in [0.2, 0.25) is 5.91 Å². The van der Waals surface area contributed by atoms with E-state index in [-0.39, 0.29) is 11.3 Å². The number of aromatic nitrogens is 2. The standard InChI is InChI=1S/C23H22N4O/c1-22(2)17-5-3-4-6-20(17)27-14-10-21(28)26-23(22,27)11-9-16-7-8-18-19(15-16)25-13-12-24-18/h3-9,11-13,15H,10,14H2,1-2H3,(H,26,28)/b11-9+. The lowest BCUT2D eigenvalue weighted by Gasteiger charge is -2.49. The van der Waals surface area contributed by atoms with E-state index in [1.54, 1.807) is 12.4 Å². The highest BCUT2D eigenvalue weighted by molar-refractivity contribution is 5.85. The number of fused-ring (bicyclic) bond motifs is 4. The molecule has 1 aromatic heterocycles. The molecule has 0 spiro atoms. The number of benzene rings is 2.